The number of imidazole rings is 1. The molecule has 0 bridgehead atoms. The number of nitrogens with zero attached hydrogens (tertiary/aromatic N) is 3. The predicted molar refractivity (Wildman–Crippen MR) is 220 cm³/mol. The number of aromatic hydroxyl groups is 2. The Balaban J connectivity index is 1.10. The van der Waals surface area contributed by atoms with Crippen LogP contribution in [0, 0.1) is 0 Å². The van der Waals surface area contributed by atoms with Crippen LogP contribution in [0.2, 0.25) is 0 Å². The summed E-state index contributed by atoms with van der Waals surface area (Å²) < 4.78 is 30.1. The van der Waals surface area contributed by atoms with Gasteiger partial charge in [0.15, 0.2) is 24.5 Å². The zero-order valence-electron chi connectivity index (χ0n) is 34.8. The van der Waals surface area contributed by atoms with E-state index in [0.717, 1.165) is 54.4 Å². The minimum absolute atomic E-state index is 0.0459. The number of rotatable bonds is 18. The van der Waals surface area contributed by atoms with Gasteiger partial charge in [-0.3, -0.25) is 9.59 Å². The topological polar surface area (TPSA) is 282 Å². The number of aliphatic hydroxyl groups excluding tert-OH is 4. The number of nitrogens with two attached hydrogens (primary N) is 1. The molecule has 0 spiro atoms. The van der Waals surface area contributed by atoms with Crippen LogP contribution in [0.1, 0.15) is 62.9 Å². The van der Waals surface area contributed by atoms with E-state index in [-0.39, 0.29) is 24.6 Å². The summed E-state index contributed by atoms with van der Waals surface area (Å²) in [4.78, 5) is 35.1. The first-order valence-electron chi connectivity index (χ1n) is 20.6. The van der Waals surface area contributed by atoms with Crippen molar-refractivity contribution < 1.29 is 63.9 Å². The summed E-state index contributed by atoms with van der Waals surface area (Å²) >= 11 is 0. The number of anilines is 1. The molecule has 6 rings (SSSR count). The number of aromatic nitrogens is 3. The number of pyridine rings is 1. The Kier molecular flexibility index (Phi) is 15.4. The van der Waals surface area contributed by atoms with Gasteiger partial charge in [0.1, 0.15) is 65.5 Å². The summed E-state index contributed by atoms with van der Waals surface area (Å²) in [5.74, 6) is 0.0910. The van der Waals surface area contributed by atoms with Crippen molar-refractivity contribution in [3.63, 3.8) is 0 Å². The molecule has 0 aliphatic carbocycles. The summed E-state index contributed by atoms with van der Waals surface area (Å²) in [6.45, 7) is 3.25. The van der Waals surface area contributed by atoms with Gasteiger partial charge in [-0.25, -0.2) is 9.97 Å². The van der Waals surface area contributed by atoms with Crippen molar-refractivity contribution in [2.75, 3.05) is 33.1 Å². The fourth-order valence-electron chi connectivity index (χ4n) is 8.07. The highest BCUT2D eigenvalue weighted by molar-refractivity contribution is 6.07. The van der Waals surface area contributed by atoms with E-state index in [2.05, 4.69) is 28.6 Å². The first-order chi connectivity index (χ1) is 29.3. The van der Waals surface area contributed by atoms with Crippen molar-refractivity contribution in [3.05, 3.63) is 53.3 Å². The van der Waals surface area contributed by atoms with Crippen molar-refractivity contribution >= 4 is 39.6 Å². The second kappa shape index (κ2) is 20.4. The van der Waals surface area contributed by atoms with Crippen LogP contribution >= 0.6 is 0 Å². The van der Waals surface area contributed by atoms with Crippen molar-refractivity contribution in [1.29, 1.82) is 0 Å². The molecular weight excluding hydrogens is 796 g/mol. The van der Waals surface area contributed by atoms with Crippen LogP contribution < -0.4 is 16.4 Å². The lowest BCUT2D eigenvalue weighted by atomic mass is 9.95. The number of aryl methyl sites for hydroxylation is 2. The number of hydrogen-bond donors (Lipinski definition) is 9. The number of phenolic OH excluding ortho intramolecular Hbond substituents is 2. The highest BCUT2D eigenvalue weighted by atomic mass is 16.7. The van der Waals surface area contributed by atoms with E-state index in [1.54, 1.807) is 6.07 Å². The molecule has 0 saturated carbocycles. The van der Waals surface area contributed by atoms with Crippen LogP contribution in [0.25, 0.3) is 21.9 Å². The first-order valence-corrected chi connectivity index (χ1v) is 20.6. The Bertz CT molecular complexity index is 2140. The summed E-state index contributed by atoms with van der Waals surface area (Å²) in [7, 11) is 2.56. The van der Waals surface area contributed by atoms with Gasteiger partial charge in [0.25, 0.3) is 5.91 Å². The van der Waals surface area contributed by atoms with Gasteiger partial charge in [-0.15, -0.1) is 0 Å². The second-order valence-corrected chi connectivity index (χ2v) is 15.6. The molecule has 10 atom stereocenters. The number of carbonyl (C=O) groups is 2. The maximum atomic E-state index is 13.5. The quantitative estimate of drug-likeness (QED) is 0.0496. The highest BCUT2D eigenvalue weighted by Crippen LogP contribution is 2.34. The van der Waals surface area contributed by atoms with Crippen LogP contribution in [0.4, 0.5) is 5.82 Å². The van der Waals surface area contributed by atoms with Gasteiger partial charge < -0.3 is 75.3 Å². The summed E-state index contributed by atoms with van der Waals surface area (Å²) in [5, 5.41) is 69.8. The van der Waals surface area contributed by atoms with E-state index in [9.17, 15) is 40.2 Å². The molecule has 2 saturated heterocycles. The number of aliphatic hydroxyl groups is 4. The minimum atomic E-state index is -1.73. The summed E-state index contributed by atoms with van der Waals surface area (Å²) in [6, 6.07) is 9.33. The fraction of sp³-hybridized carbons (Fsp3) is 0.571. The number of ether oxygens (including phenoxy) is 5. The highest BCUT2D eigenvalue weighted by Gasteiger charge is 2.53. The summed E-state index contributed by atoms with van der Waals surface area (Å²) in [6.07, 6.45) is -7.57. The lowest BCUT2D eigenvalue weighted by molar-refractivity contribution is -0.338. The molecule has 4 aromatic rings. The van der Waals surface area contributed by atoms with E-state index in [0.29, 0.717) is 35.3 Å². The minimum Gasteiger partial charge on any atom is -0.508 e. The van der Waals surface area contributed by atoms with E-state index in [4.69, 9.17) is 34.4 Å². The average Bonchev–Trinajstić information content (AvgIpc) is 3.60. The molecule has 10 unspecified atom stereocenters. The first kappa shape index (κ1) is 45.8. The maximum absolute atomic E-state index is 13.5. The van der Waals surface area contributed by atoms with E-state index in [1.807, 2.05) is 16.7 Å². The molecule has 0 radical (unpaired) electrons. The molecule has 4 heterocycles. The number of fused-ring (bicyclic) bond motifs is 3. The molecule has 2 aliphatic heterocycles. The van der Waals surface area contributed by atoms with Crippen LogP contribution in [-0.2, 0) is 52.7 Å². The van der Waals surface area contributed by atoms with Crippen molar-refractivity contribution in [2.24, 2.45) is 0 Å². The average molecular weight is 855 g/mol. The second-order valence-electron chi connectivity index (χ2n) is 15.6. The number of nitrogen functional groups attached to an aromatic ring is 1. The number of hydrogen-bond acceptors (Lipinski definition) is 16. The van der Waals surface area contributed by atoms with E-state index in [1.165, 1.54) is 33.3 Å². The number of unbranched alkanes of at least 4 members (excludes halogenated alkanes) is 3. The van der Waals surface area contributed by atoms with Crippen molar-refractivity contribution in [1.82, 2.24) is 25.2 Å². The van der Waals surface area contributed by atoms with Crippen LogP contribution in [0.15, 0.2) is 36.4 Å². The third kappa shape index (κ3) is 10.2. The van der Waals surface area contributed by atoms with Crippen molar-refractivity contribution in [2.45, 2.75) is 127 Å². The zero-order valence-corrected chi connectivity index (χ0v) is 34.8. The SMILES string of the molecule is CCCCc1nc2c(N)nc3ccc(CCCCCNC(=O)C4OC(OC5C(O)C(CO)OC(OC)C5NC(C)=O)C(O)C(O)C4OC)cc3c2n1Cc1cc(O)ccc1O. The van der Waals surface area contributed by atoms with Crippen LogP contribution in [0.3, 0.4) is 0 Å². The molecule has 2 aromatic heterocycles. The lowest BCUT2D eigenvalue weighted by Crippen LogP contribution is -2.68. The summed E-state index contributed by atoms with van der Waals surface area (Å²) in [5.41, 5.74) is 10.1. The molecule has 2 fully saturated rings. The monoisotopic (exact) mass is 854 g/mol. The van der Waals surface area contributed by atoms with Gasteiger partial charge in [0.2, 0.25) is 5.91 Å². The number of carbonyl (C=O) groups excluding carboxylic acids is 2. The van der Waals surface area contributed by atoms with Gasteiger partial charge in [0, 0.05) is 45.1 Å². The van der Waals surface area contributed by atoms with Crippen molar-refractivity contribution in [3.8, 4) is 11.5 Å². The van der Waals surface area contributed by atoms with Gasteiger partial charge in [-0.1, -0.05) is 25.8 Å². The molecular formula is C42H58N6O13. The normalized spacial score (nSPS) is 26.8. The Morgan fingerprint density at radius 3 is 2.39 bits per heavy atom. The third-order valence-corrected chi connectivity index (χ3v) is 11.3. The zero-order chi connectivity index (χ0) is 44.0. The lowest BCUT2D eigenvalue weighted by Gasteiger charge is -2.47. The number of methoxy groups -OCH3 is 2. The number of benzene rings is 2. The Hall–Kier alpha value is -4.70. The molecule has 2 aromatic carbocycles. The van der Waals surface area contributed by atoms with Gasteiger partial charge >= 0.3 is 0 Å². The molecule has 19 nitrogen and oxygen atoms in total. The largest absolute Gasteiger partial charge is 0.508 e. The molecule has 2 aliphatic rings. The molecule has 19 heteroatoms. The Morgan fingerprint density at radius 2 is 1.69 bits per heavy atom. The Morgan fingerprint density at radius 1 is 0.902 bits per heavy atom. The van der Waals surface area contributed by atoms with Crippen LogP contribution in [0.5, 0.6) is 11.5 Å². The van der Waals surface area contributed by atoms with E-state index >= 15 is 0 Å². The number of nitrogens with one attached hydrogen (secondary N) is 2. The van der Waals surface area contributed by atoms with Gasteiger partial charge in [0.05, 0.1) is 24.2 Å². The number of phenols is 2. The predicted octanol–water partition coefficient (Wildman–Crippen LogP) is 0.874. The van der Waals surface area contributed by atoms with Crippen LogP contribution in [-0.4, -0.2) is 146 Å². The molecule has 61 heavy (non-hydrogen) atoms. The number of amides is 2. The Labute approximate surface area is 352 Å². The van der Waals surface area contributed by atoms with Gasteiger partial charge in [-0.05, 0) is 61.6 Å². The molecule has 10 N–H and O–H groups in total. The standard InChI is InChI=1S/C42H58N6O13/c1-5-6-11-29-47-30-32(48(29)19-23-18-24(51)13-15-27(23)52)25-17-22(12-14-26(25)46-39(30)43)10-8-7-9-16-44-40(56)38-37(57-3)34(54)35(55)42(61-38)60-36-31(45-21(2)50)41(58-4)59-28(20-49)33(36)53/h12-15,17-18,28,31,33-38,41-42,49,51-55H,5-11,16,19-20H2,1-4H3,(H2,43,46)(H,44,56)(H,45,50). The van der Waals surface area contributed by atoms with E-state index < -0.39 is 79.8 Å². The molecule has 334 valence electrons. The fourth-order valence-corrected chi connectivity index (χ4v) is 8.07. The third-order valence-electron chi connectivity index (χ3n) is 11.3. The smallest absolute Gasteiger partial charge is 0.252 e. The maximum Gasteiger partial charge on any atom is 0.252 e. The van der Waals surface area contributed by atoms with Gasteiger partial charge in [-0.2, -0.15) is 0 Å². The molecule has 2 amide bonds.